The summed E-state index contributed by atoms with van der Waals surface area (Å²) in [5.41, 5.74) is 1.18. The molecule has 1 amide bonds. The van der Waals surface area contributed by atoms with Crippen molar-refractivity contribution in [1.82, 2.24) is 4.90 Å². The first-order valence-corrected chi connectivity index (χ1v) is 5.48. The van der Waals surface area contributed by atoms with Crippen molar-refractivity contribution in [2.24, 2.45) is 5.16 Å². The van der Waals surface area contributed by atoms with Crippen LogP contribution in [0.4, 0.5) is 0 Å². The smallest absolute Gasteiger partial charge is 0.353 e. The molecule has 1 atom stereocenters. The maximum absolute atomic E-state index is 12.0. The maximum atomic E-state index is 12.0. The minimum Gasteiger partial charge on any atom is -0.477 e. The Balaban J connectivity index is 1.93. The van der Waals surface area contributed by atoms with Gasteiger partial charge in [-0.15, -0.1) is 0 Å². The summed E-state index contributed by atoms with van der Waals surface area (Å²) in [6.07, 6.45) is 2.13. The lowest BCUT2D eigenvalue weighted by molar-refractivity contribution is -0.141. The lowest BCUT2D eigenvalue weighted by Gasteiger charge is -2.26. The molecule has 2 rings (SSSR count). The SMILES string of the molecule is CC1=CCN(C(=O)C2CC(C(=O)O)=NO2)CC1. The largest absolute Gasteiger partial charge is 0.477 e. The minimum atomic E-state index is -1.13. The van der Waals surface area contributed by atoms with Gasteiger partial charge in [-0.05, 0) is 13.3 Å². The number of aliphatic carboxylic acids is 1. The highest BCUT2D eigenvalue weighted by Crippen LogP contribution is 2.17. The molecule has 0 bridgehead atoms. The molecule has 92 valence electrons. The van der Waals surface area contributed by atoms with E-state index in [1.165, 1.54) is 5.57 Å². The van der Waals surface area contributed by atoms with Crippen molar-refractivity contribution < 1.29 is 19.5 Å². The van der Waals surface area contributed by atoms with E-state index >= 15 is 0 Å². The van der Waals surface area contributed by atoms with Gasteiger partial charge in [0, 0.05) is 19.5 Å². The van der Waals surface area contributed by atoms with Crippen LogP contribution in [0.3, 0.4) is 0 Å². The van der Waals surface area contributed by atoms with Crippen molar-refractivity contribution in [2.45, 2.75) is 25.9 Å². The van der Waals surface area contributed by atoms with Crippen molar-refractivity contribution in [3.05, 3.63) is 11.6 Å². The number of carboxylic acid groups (broad SMARTS) is 1. The Morgan fingerprint density at radius 2 is 2.35 bits per heavy atom. The predicted molar refractivity (Wildman–Crippen MR) is 59.5 cm³/mol. The molecule has 0 aromatic carbocycles. The van der Waals surface area contributed by atoms with E-state index in [9.17, 15) is 9.59 Å². The van der Waals surface area contributed by atoms with E-state index in [4.69, 9.17) is 9.94 Å². The molecule has 0 radical (unpaired) electrons. The monoisotopic (exact) mass is 238 g/mol. The topological polar surface area (TPSA) is 79.2 Å². The van der Waals surface area contributed by atoms with Gasteiger partial charge in [0.1, 0.15) is 0 Å². The second-order valence-corrected chi connectivity index (χ2v) is 4.23. The Kier molecular flexibility index (Phi) is 3.12. The van der Waals surface area contributed by atoms with Gasteiger partial charge >= 0.3 is 5.97 Å². The number of rotatable bonds is 2. The van der Waals surface area contributed by atoms with Crippen LogP contribution in [0.25, 0.3) is 0 Å². The van der Waals surface area contributed by atoms with Gasteiger partial charge in [-0.25, -0.2) is 4.79 Å². The third-order valence-electron chi connectivity index (χ3n) is 2.94. The Hall–Kier alpha value is -1.85. The molecule has 2 aliphatic rings. The van der Waals surface area contributed by atoms with Crippen molar-refractivity contribution >= 4 is 17.6 Å². The molecule has 0 aromatic heterocycles. The summed E-state index contributed by atoms with van der Waals surface area (Å²) in [7, 11) is 0. The zero-order chi connectivity index (χ0) is 12.4. The molecule has 0 aromatic rings. The third-order valence-corrected chi connectivity index (χ3v) is 2.94. The average molecular weight is 238 g/mol. The molecule has 0 fully saturated rings. The molecule has 6 nitrogen and oxygen atoms in total. The van der Waals surface area contributed by atoms with Crippen LogP contribution >= 0.6 is 0 Å². The number of hydrogen-bond acceptors (Lipinski definition) is 4. The first-order valence-electron chi connectivity index (χ1n) is 5.48. The molecule has 0 aliphatic carbocycles. The lowest BCUT2D eigenvalue weighted by Crippen LogP contribution is -2.41. The Morgan fingerprint density at radius 3 is 2.88 bits per heavy atom. The summed E-state index contributed by atoms with van der Waals surface area (Å²) in [4.78, 5) is 29.2. The second-order valence-electron chi connectivity index (χ2n) is 4.23. The van der Waals surface area contributed by atoms with Crippen molar-refractivity contribution in [1.29, 1.82) is 0 Å². The maximum Gasteiger partial charge on any atom is 0.353 e. The molecule has 1 N–H and O–H groups in total. The number of amides is 1. The van der Waals surface area contributed by atoms with E-state index in [0.717, 1.165) is 6.42 Å². The summed E-state index contributed by atoms with van der Waals surface area (Å²) in [5.74, 6) is -1.32. The molecule has 17 heavy (non-hydrogen) atoms. The molecule has 6 heteroatoms. The van der Waals surface area contributed by atoms with E-state index in [1.807, 2.05) is 13.0 Å². The van der Waals surface area contributed by atoms with E-state index in [2.05, 4.69) is 5.16 Å². The van der Waals surface area contributed by atoms with Crippen LogP contribution in [0.15, 0.2) is 16.8 Å². The van der Waals surface area contributed by atoms with Gasteiger partial charge in [-0.3, -0.25) is 4.79 Å². The van der Waals surface area contributed by atoms with Crippen LogP contribution in [0.2, 0.25) is 0 Å². The second kappa shape index (κ2) is 4.57. The van der Waals surface area contributed by atoms with Crippen LogP contribution in [0.5, 0.6) is 0 Å². The molecule has 0 saturated carbocycles. The van der Waals surface area contributed by atoms with Gasteiger partial charge in [0.2, 0.25) is 6.10 Å². The first kappa shape index (κ1) is 11.6. The molecular weight excluding hydrogens is 224 g/mol. The zero-order valence-electron chi connectivity index (χ0n) is 9.55. The minimum absolute atomic E-state index is 0.0490. The normalized spacial score (nSPS) is 23.8. The molecule has 1 unspecified atom stereocenters. The van der Waals surface area contributed by atoms with Crippen LogP contribution in [-0.2, 0) is 14.4 Å². The fraction of sp³-hybridized carbons (Fsp3) is 0.545. The van der Waals surface area contributed by atoms with Gasteiger partial charge in [0.25, 0.3) is 5.91 Å². The number of hydrogen-bond donors (Lipinski definition) is 1. The molecular formula is C11H14N2O4. The Labute approximate surface area is 98.5 Å². The third kappa shape index (κ3) is 2.46. The highest BCUT2D eigenvalue weighted by molar-refractivity contribution is 6.36. The van der Waals surface area contributed by atoms with Gasteiger partial charge in [0.05, 0.1) is 0 Å². The van der Waals surface area contributed by atoms with Gasteiger partial charge < -0.3 is 14.8 Å². The van der Waals surface area contributed by atoms with Crippen molar-refractivity contribution in [3.8, 4) is 0 Å². The number of carbonyl (C=O) groups is 2. The van der Waals surface area contributed by atoms with Crippen LogP contribution in [0, 0.1) is 0 Å². The summed E-state index contributed by atoms with van der Waals surface area (Å²) in [6.45, 7) is 3.25. The highest BCUT2D eigenvalue weighted by atomic mass is 16.6. The quantitative estimate of drug-likeness (QED) is 0.706. The van der Waals surface area contributed by atoms with Gasteiger partial charge in [0.15, 0.2) is 5.71 Å². The molecule has 2 heterocycles. The number of nitrogens with zero attached hydrogens (tertiary/aromatic N) is 2. The first-order chi connectivity index (χ1) is 8.08. The number of carboxylic acids is 1. The fourth-order valence-electron chi connectivity index (χ4n) is 1.81. The van der Waals surface area contributed by atoms with Crippen LogP contribution in [-0.4, -0.2) is 46.8 Å². The van der Waals surface area contributed by atoms with E-state index < -0.39 is 12.1 Å². The lowest BCUT2D eigenvalue weighted by atomic mass is 10.1. The van der Waals surface area contributed by atoms with E-state index in [-0.39, 0.29) is 18.0 Å². The average Bonchev–Trinajstić information content (AvgIpc) is 2.78. The van der Waals surface area contributed by atoms with Gasteiger partial charge in [-0.1, -0.05) is 16.8 Å². The number of carbonyl (C=O) groups excluding carboxylic acids is 1. The van der Waals surface area contributed by atoms with Crippen molar-refractivity contribution in [2.75, 3.05) is 13.1 Å². The number of oxime groups is 1. The van der Waals surface area contributed by atoms with E-state index in [1.54, 1.807) is 4.90 Å². The highest BCUT2D eigenvalue weighted by Gasteiger charge is 2.34. The molecule has 0 spiro atoms. The Bertz CT molecular complexity index is 414. The fourth-order valence-corrected chi connectivity index (χ4v) is 1.81. The van der Waals surface area contributed by atoms with E-state index in [0.29, 0.717) is 13.1 Å². The molecule has 2 aliphatic heterocycles. The summed E-state index contributed by atoms with van der Waals surface area (Å²) in [5, 5.41) is 12.1. The summed E-state index contributed by atoms with van der Waals surface area (Å²) >= 11 is 0. The van der Waals surface area contributed by atoms with Crippen molar-refractivity contribution in [3.63, 3.8) is 0 Å². The van der Waals surface area contributed by atoms with Crippen LogP contribution < -0.4 is 0 Å². The zero-order valence-corrected chi connectivity index (χ0v) is 9.55. The summed E-state index contributed by atoms with van der Waals surface area (Å²) < 4.78 is 0. The summed E-state index contributed by atoms with van der Waals surface area (Å²) in [6, 6.07) is 0. The van der Waals surface area contributed by atoms with Gasteiger partial charge in [-0.2, -0.15) is 0 Å². The van der Waals surface area contributed by atoms with Crippen LogP contribution in [0.1, 0.15) is 19.8 Å². The Morgan fingerprint density at radius 1 is 1.59 bits per heavy atom. The standard InChI is InChI=1S/C11H14N2O4/c1-7-2-4-13(5-3-7)10(14)9-6-8(11(15)16)12-17-9/h2,9H,3-6H2,1H3,(H,15,16). The predicted octanol–water partition coefficient (Wildman–Crippen LogP) is 0.395. The molecule has 0 saturated heterocycles.